The van der Waals surface area contributed by atoms with Crippen molar-refractivity contribution in [2.24, 2.45) is 0 Å². The van der Waals surface area contributed by atoms with Crippen molar-refractivity contribution in [3.8, 4) is 5.88 Å². The molecule has 1 aliphatic rings. The maximum atomic E-state index is 6.15. The van der Waals surface area contributed by atoms with Crippen molar-refractivity contribution in [2.75, 3.05) is 19.0 Å². The van der Waals surface area contributed by atoms with Crippen molar-refractivity contribution in [3.05, 3.63) is 42.1 Å². The molecular weight excluding hydrogens is 329 g/mol. The molecule has 0 saturated carbocycles. The third-order valence-electron chi connectivity index (χ3n) is 4.89. The van der Waals surface area contributed by atoms with E-state index in [2.05, 4.69) is 9.97 Å². The molecule has 26 heavy (non-hydrogen) atoms. The van der Waals surface area contributed by atoms with Gasteiger partial charge < -0.3 is 18.9 Å². The molecule has 1 aromatic heterocycles. The Balaban J connectivity index is 1.89. The summed E-state index contributed by atoms with van der Waals surface area (Å²) in [5, 5.41) is 0. The van der Waals surface area contributed by atoms with Crippen LogP contribution in [0.15, 0.2) is 36.5 Å². The number of hydrogen-bond donors (Lipinski definition) is 0. The zero-order chi connectivity index (χ0) is 18.9. The number of nitrogens with zero attached hydrogens (tertiary/aromatic N) is 3. The van der Waals surface area contributed by atoms with Crippen LogP contribution in [-0.2, 0) is 15.9 Å². The second-order valence-corrected chi connectivity index (χ2v) is 7.69. The van der Waals surface area contributed by atoms with Crippen molar-refractivity contribution in [3.63, 3.8) is 0 Å². The molecule has 138 valence electrons. The number of aromatic nitrogens is 2. The minimum atomic E-state index is -0.568. The first-order valence-electron chi connectivity index (χ1n) is 8.76. The molecule has 0 bridgehead atoms. The van der Waals surface area contributed by atoms with Gasteiger partial charge in [-0.2, -0.15) is 4.98 Å². The van der Waals surface area contributed by atoms with Crippen LogP contribution in [0.25, 0.3) is 0 Å². The first kappa shape index (κ1) is 18.7. The zero-order valence-corrected chi connectivity index (χ0v) is 16.3. The van der Waals surface area contributed by atoms with E-state index in [0.717, 1.165) is 5.56 Å². The average Bonchev–Trinajstić information content (AvgIpc) is 2.81. The molecule has 7 heteroatoms. The van der Waals surface area contributed by atoms with E-state index in [1.807, 2.05) is 77.0 Å². The third kappa shape index (κ3) is 3.69. The van der Waals surface area contributed by atoms with E-state index in [1.165, 1.54) is 0 Å². The first-order chi connectivity index (χ1) is 12.2. The van der Waals surface area contributed by atoms with Crippen LogP contribution in [0.3, 0.4) is 0 Å². The molecule has 3 rings (SSSR count). The van der Waals surface area contributed by atoms with E-state index in [0.29, 0.717) is 23.9 Å². The smallest absolute Gasteiger partial charge is 0.473 e. The maximum Gasteiger partial charge on any atom is 0.502 e. The van der Waals surface area contributed by atoms with Gasteiger partial charge in [-0.15, -0.1) is 0 Å². The number of anilines is 1. The molecule has 1 saturated heterocycles. The fourth-order valence-electron chi connectivity index (χ4n) is 2.56. The van der Waals surface area contributed by atoms with Gasteiger partial charge in [0.25, 0.3) is 0 Å². The molecule has 0 aliphatic carbocycles. The molecule has 1 fully saturated rings. The van der Waals surface area contributed by atoms with Gasteiger partial charge in [0.05, 0.1) is 16.7 Å². The number of ether oxygens (including phenoxy) is 1. The van der Waals surface area contributed by atoms with Crippen molar-refractivity contribution >= 4 is 18.5 Å². The Morgan fingerprint density at radius 1 is 1.04 bits per heavy atom. The molecule has 0 atom stereocenters. The monoisotopic (exact) mass is 355 g/mol. The molecular formula is C19H26BN3O3. The first-order valence-corrected chi connectivity index (χ1v) is 8.76. The van der Waals surface area contributed by atoms with Gasteiger partial charge in [0.1, 0.15) is 6.61 Å². The van der Waals surface area contributed by atoms with Gasteiger partial charge in [0, 0.05) is 20.3 Å². The largest absolute Gasteiger partial charge is 0.502 e. The van der Waals surface area contributed by atoms with Gasteiger partial charge in [-0.1, -0.05) is 30.3 Å². The van der Waals surface area contributed by atoms with Crippen LogP contribution in [0.5, 0.6) is 5.88 Å². The highest BCUT2D eigenvalue weighted by Crippen LogP contribution is 2.37. The number of benzene rings is 1. The minimum Gasteiger partial charge on any atom is -0.473 e. The summed E-state index contributed by atoms with van der Waals surface area (Å²) in [6, 6.07) is 9.98. The molecule has 0 N–H and O–H groups in total. The lowest BCUT2D eigenvalue weighted by Gasteiger charge is -2.32. The van der Waals surface area contributed by atoms with Crippen LogP contribution in [0.4, 0.5) is 5.95 Å². The van der Waals surface area contributed by atoms with Gasteiger partial charge in [-0.25, -0.2) is 4.98 Å². The summed E-state index contributed by atoms with van der Waals surface area (Å²) in [7, 11) is 3.22. The zero-order valence-electron chi connectivity index (χ0n) is 16.3. The molecule has 2 heterocycles. The summed E-state index contributed by atoms with van der Waals surface area (Å²) in [6.45, 7) is 8.50. The highest BCUT2D eigenvalue weighted by molar-refractivity contribution is 6.63. The normalized spacial score (nSPS) is 18.0. The molecule has 0 amide bonds. The third-order valence-corrected chi connectivity index (χ3v) is 4.89. The maximum absolute atomic E-state index is 6.15. The van der Waals surface area contributed by atoms with Crippen LogP contribution >= 0.6 is 0 Å². The summed E-state index contributed by atoms with van der Waals surface area (Å²) in [6.07, 6.45) is 1.73. The standard InChI is InChI=1S/C19H26BN3O3/c1-18(2)19(3,4)26-20(25-18)15-12-21-17(23(5)6)22-16(15)24-13-14-10-8-7-9-11-14/h7-12H,13H2,1-6H3. The van der Waals surface area contributed by atoms with E-state index in [-0.39, 0.29) is 0 Å². The van der Waals surface area contributed by atoms with E-state index in [9.17, 15) is 0 Å². The molecule has 0 radical (unpaired) electrons. The van der Waals surface area contributed by atoms with Crippen molar-refractivity contribution in [1.29, 1.82) is 0 Å². The van der Waals surface area contributed by atoms with Gasteiger partial charge in [-0.05, 0) is 33.3 Å². The lowest BCUT2D eigenvalue weighted by atomic mass is 9.80. The van der Waals surface area contributed by atoms with E-state index in [1.54, 1.807) is 6.20 Å². The molecule has 6 nitrogen and oxygen atoms in total. The molecule has 1 aromatic carbocycles. The predicted octanol–water partition coefficient (Wildman–Crippen LogP) is 2.42. The quantitative estimate of drug-likeness (QED) is 0.768. The Hall–Kier alpha value is -2.12. The highest BCUT2D eigenvalue weighted by atomic mass is 16.7. The molecule has 1 aliphatic heterocycles. The summed E-state index contributed by atoms with van der Waals surface area (Å²) in [4.78, 5) is 10.8. The molecule has 2 aromatic rings. The van der Waals surface area contributed by atoms with E-state index < -0.39 is 18.3 Å². The van der Waals surface area contributed by atoms with Crippen LogP contribution in [-0.4, -0.2) is 42.4 Å². The fraction of sp³-hybridized carbons (Fsp3) is 0.474. The Kier molecular flexibility index (Phi) is 4.95. The van der Waals surface area contributed by atoms with Gasteiger partial charge in [-0.3, -0.25) is 0 Å². The van der Waals surface area contributed by atoms with Crippen molar-refractivity contribution < 1.29 is 14.0 Å². The number of rotatable bonds is 5. The van der Waals surface area contributed by atoms with Crippen molar-refractivity contribution in [2.45, 2.75) is 45.5 Å². The van der Waals surface area contributed by atoms with Crippen LogP contribution < -0.4 is 15.1 Å². The summed E-state index contributed by atoms with van der Waals surface area (Å²) < 4.78 is 18.3. The Morgan fingerprint density at radius 2 is 1.65 bits per heavy atom. The van der Waals surface area contributed by atoms with Gasteiger partial charge in [0.2, 0.25) is 11.8 Å². The molecule has 0 spiro atoms. The number of hydrogen-bond acceptors (Lipinski definition) is 6. The summed E-state index contributed by atoms with van der Waals surface area (Å²) >= 11 is 0. The summed E-state index contributed by atoms with van der Waals surface area (Å²) in [5.74, 6) is 1.05. The Morgan fingerprint density at radius 3 is 2.23 bits per heavy atom. The lowest BCUT2D eigenvalue weighted by Crippen LogP contribution is -2.41. The van der Waals surface area contributed by atoms with Crippen LogP contribution in [0.2, 0.25) is 0 Å². The molecule has 0 unspecified atom stereocenters. The van der Waals surface area contributed by atoms with E-state index >= 15 is 0 Å². The average molecular weight is 355 g/mol. The van der Waals surface area contributed by atoms with Crippen LogP contribution in [0.1, 0.15) is 33.3 Å². The Bertz CT molecular complexity index is 750. The van der Waals surface area contributed by atoms with Crippen LogP contribution in [0, 0.1) is 0 Å². The Labute approximate surface area is 155 Å². The predicted molar refractivity (Wildman–Crippen MR) is 103 cm³/mol. The minimum absolute atomic E-state index is 0.414. The van der Waals surface area contributed by atoms with Gasteiger partial charge >= 0.3 is 7.12 Å². The second-order valence-electron chi connectivity index (χ2n) is 7.69. The fourth-order valence-corrected chi connectivity index (χ4v) is 2.56. The SMILES string of the molecule is CN(C)c1ncc(B2OC(C)(C)C(C)(C)O2)c(OCc2ccccc2)n1. The van der Waals surface area contributed by atoms with Crippen molar-refractivity contribution in [1.82, 2.24) is 9.97 Å². The van der Waals surface area contributed by atoms with Gasteiger partial charge in [0.15, 0.2) is 0 Å². The summed E-state index contributed by atoms with van der Waals surface area (Å²) in [5.41, 5.74) is 0.894. The second kappa shape index (κ2) is 6.89. The lowest BCUT2D eigenvalue weighted by molar-refractivity contribution is 0.00578. The van der Waals surface area contributed by atoms with E-state index in [4.69, 9.17) is 14.0 Å². The topological polar surface area (TPSA) is 56.7 Å². The highest BCUT2D eigenvalue weighted by Gasteiger charge is 2.53.